The Balaban J connectivity index is 1.97. The first-order valence-corrected chi connectivity index (χ1v) is 5.91. The molecular weight excluding hydrogens is 240 g/mol. The highest BCUT2D eigenvalue weighted by atomic mass is 16.1. The minimum absolute atomic E-state index is 0.190. The van der Waals surface area contributed by atoms with Gasteiger partial charge in [0.15, 0.2) is 5.82 Å². The summed E-state index contributed by atoms with van der Waals surface area (Å²) in [4.78, 5) is 16.5. The zero-order valence-corrected chi connectivity index (χ0v) is 10.3. The number of fused-ring (bicyclic) bond motifs is 1. The number of carbonyl (C=O) groups is 1. The molecule has 2 aromatic heterocycles. The normalized spacial score (nSPS) is 10.6. The van der Waals surface area contributed by atoms with Crippen molar-refractivity contribution in [1.29, 1.82) is 0 Å². The number of aromatic amines is 1. The molecule has 0 bridgehead atoms. The Morgan fingerprint density at radius 2 is 2.11 bits per heavy atom. The highest BCUT2D eigenvalue weighted by Crippen LogP contribution is 2.17. The SMILES string of the molecule is Cc1cc(NC(=O)c2ccnc3ccccc23)n[nH]1. The number of benzene rings is 1. The summed E-state index contributed by atoms with van der Waals surface area (Å²) in [7, 11) is 0. The zero-order valence-electron chi connectivity index (χ0n) is 10.3. The Morgan fingerprint density at radius 1 is 1.26 bits per heavy atom. The van der Waals surface area contributed by atoms with E-state index >= 15 is 0 Å². The quantitative estimate of drug-likeness (QED) is 0.736. The van der Waals surface area contributed by atoms with Crippen LogP contribution in [0.5, 0.6) is 0 Å². The number of nitrogens with one attached hydrogen (secondary N) is 2. The van der Waals surface area contributed by atoms with Gasteiger partial charge in [0.2, 0.25) is 0 Å². The van der Waals surface area contributed by atoms with Crippen LogP contribution >= 0.6 is 0 Å². The van der Waals surface area contributed by atoms with Crippen LogP contribution in [0, 0.1) is 6.92 Å². The van der Waals surface area contributed by atoms with Gasteiger partial charge in [-0.1, -0.05) is 18.2 Å². The van der Waals surface area contributed by atoms with Gasteiger partial charge in [-0.25, -0.2) is 0 Å². The maximum atomic E-state index is 12.2. The second-order valence-corrected chi connectivity index (χ2v) is 4.27. The van der Waals surface area contributed by atoms with Crippen molar-refractivity contribution in [3.63, 3.8) is 0 Å². The number of hydrogen-bond acceptors (Lipinski definition) is 3. The van der Waals surface area contributed by atoms with Gasteiger partial charge in [-0.3, -0.25) is 14.9 Å². The molecule has 2 heterocycles. The molecule has 1 aromatic carbocycles. The third-order valence-electron chi connectivity index (χ3n) is 2.84. The van der Waals surface area contributed by atoms with E-state index in [1.807, 2.05) is 31.2 Å². The Hall–Kier alpha value is -2.69. The number of carbonyl (C=O) groups excluding carboxylic acids is 1. The van der Waals surface area contributed by atoms with Crippen molar-refractivity contribution in [3.05, 3.63) is 53.9 Å². The third-order valence-corrected chi connectivity index (χ3v) is 2.84. The van der Waals surface area contributed by atoms with Gasteiger partial charge in [-0.15, -0.1) is 0 Å². The van der Waals surface area contributed by atoms with Crippen LogP contribution in [0.2, 0.25) is 0 Å². The van der Waals surface area contributed by atoms with E-state index < -0.39 is 0 Å². The van der Waals surface area contributed by atoms with E-state index in [1.54, 1.807) is 18.3 Å². The summed E-state index contributed by atoms with van der Waals surface area (Å²) in [5, 5.41) is 10.4. The fourth-order valence-electron chi connectivity index (χ4n) is 1.96. The molecule has 0 atom stereocenters. The molecule has 0 spiro atoms. The number of amides is 1. The van der Waals surface area contributed by atoms with Crippen molar-refractivity contribution in [1.82, 2.24) is 15.2 Å². The molecule has 0 aliphatic heterocycles. The molecule has 0 aliphatic rings. The van der Waals surface area contributed by atoms with E-state index in [0.29, 0.717) is 11.4 Å². The molecule has 0 fully saturated rings. The number of aromatic nitrogens is 3. The molecule has 0 aliphatic carbocycles. The number of hydrogen-bond donors (Lipinski definition) is 2. The lowest BCUT2D eigenvalue weighted by Gasteiger charge is -2.05. The van der Waals surface area contributed by atoms with Gasteiger partial charge in [0.25, 0.3) is 5.91 Å². The smallest absolute Gasteiger partial charge is 0.257 e. The van der Waals surface area contributed by atoms with E-state index in [0.717, 1.165) is 16.6 Å². The summed E-state index contributed by atoms with van der Waals surface area (Å²) < 4.78 is 0. The molecule has 0 saturated heterocycles. The average Bonchev–Trinajstić information content (AvgIpc) is 2.83. The topological polar surface area (TPSA) is 70.7 Å². The van der Waals surface area contributed by atoms with E-state index in [4.69, 9.17) is 0 Å². The first-order chi connectivity index (χ1) is 9.24. The van der Waals surface area contributed by atoms with Crippen molar-refractivity contribution in [2.24, 2.45) is 0 Å². The Kier molecular flexibility index (Phi) is 2.72. The van der Waals surface area contributed by atoms with Crippen LogP contribution < -0.4 is 5.32 Å². The van der Waals surface area contributed by atoms with Gasteiger partial charge in [0, 0.05) is 23.3 Å². The van der Waals surface area contributed by atoms with Gasteiger partial charge in [-0.2, -0.15) is 5.10 Å². The lowest BCUT2D eigenvalue weighted by Crippen LogP contribution is -2.12. The minimum Gasteiger partial charge on any atom is -0.305 e. The van der Waals surface area contributed by atoms with Crippen LogP contribution in [0.25, 0.3) is 10.9 Å². The van der Waals surface area contributed by atoms with Gasteiger partial charge in [-0.05, 0) is 19.1 Å². The van der Waals surface area contributed by atoms with Gasteiger partial charge in [0.1, 0.15) is 0 Å². The molecule has 0 unspecified atom stereocenters. The molecule has 1 amide bonds. The van der Waals surface area contributed by atoms with Crippen molar-refractivity contribution in [2.75, 3.05) is 5.32 Å². The summed E-state index contributed by atoms with van der Waals surface area (Å²) in [5.41, 5.74) is 2.29. The molecule has 3 aromatic rings. The number of para-hydroxylation sites is 1. The Morgan fingerprint density at radius 3 is 2.89 bits per heavy atom. The number of nitrogens with zero attached hydrogens (tertiary/aromatic N) is 2. The highest BCUT2D eigenvalue weighted by molar-refractivity contribution is 6.11. The van der Waals surface area contributed by atoms with E-state index in [-0.39, 0.29) is 5.91 Å². The minimum atomic E-state index is -0.190. The number of rotatable bonds is 2. The standard InChI is InChI=1S/C14H12N4O/c1-9-8-13(18-17-9)16-14(19)11-6-7-15-12-5-3-2-4-10(11)12/h2-8H,1H3,(H2,16,17,18,19). The first kappa shape index (κ1) is 11.4. The Bertz CT molecular complexity index is 743. The van der Waals surface area contributed by atoms with Crippen LogP contribution in [0.4, 0.5) is 5.82 Å². The molecule has 94 valence electrons. The van der Waals surface area contributed by atoms with Crippen LogP contribution in [-0.2, 0) is 0 Å². The third kappa shape index (κ3) is 2.18. The molecule has 5 nitrogen and oxygen atoms in total. The fraction of sp³-hybridized carbons (Fsp3) is 0.0714. The molecule has 2 N–H and O–H groups in total. The second-order valence-electron chi connectivity index (χ2n) is 4.27. The maximum Gasteiger partial charge on any atom is 0.257 e. The predicted octanol–water partition coefficient (Wildman–Crippen LogP) is 2.52. The predicted molar refractivity (Wildman–Crippen MR) is 73.0 cm³/mol. The van der Waals surface area contributed by atoms with Crippen LogP contribution in [-0.4, -0.2) is 21.1 Å². The molecular formula is C14H12N4O. The molecule has 0 radical (unpaired) electrons. The van der Waals surface area contributed by atoms with E-state index in [2.05, 4.69) is 20.5 Å². The van der Waals surface area contributed by atoms with E-state index in [9.17, 15) is 4.79 Å². The van der Waals surface area contributed by atoms with Crippen molar-refractivity contribution in [3.8, 4) is 0 Å². The van der Waals surface area contributed by atoms with Crippen LogP contribution in [0.3, 0.4) is 0 Å². The van der Waals surface area contributed by atoms with Gasteiger partial charge in [0.05, 0.1) is 11.1 Å². The lowest BCUT2D eigenvalue weighted by molar-refractivity contribution is 0.102. The molecule has 0 saturated carbocycles. The van der Waals surface area contributed by atoms with Crippen molar-refractivity contribution in [2.45, 2.75) is 6.92 Å². The van der Waals surface area contributed by atoms with E-state index in [1.165, 1.54) is 0 Å². The Labute approximate surface area is 109 Å². The van der Waals surface area contributed by atoms with Crippen LogP contribution in [0.1, 0.15) is 16.1 Å². The summed E-state index contributed by atoms with van der Waals surface area (Å²) in [6.07, 6.45) is 1.63. The summed E-state index contributed by atoms with van der Waals surface area (Å²) >= 11 is 0. The van der Waals surface area contributed by atoms with Gasteiger partial charge >= 0.3 is 0 Å². The number of H-pyrrole nitrogens is 1. The maximum absolute atomic E-state index is 12.2. The summed E-state index contributed by atoms with van der Waals surface area (Å²) in [5.74, 6) is 0.327. The highest BCUT2D eigenvalue weighted by Gasteiger charge is 2.11. The average molecular weight is 252 g/mol. The number of aryl methyl sites for hydroxylation is 1. The van der Waals surface area contributed by atoms with Crippen LogP contribution in [0.15, 0.2) is 42.6 Å². The van der Waals surface area contributed by atoms with Gasteiger partial charge < -0.3 is 5.32 Å². The van der Waals surface area contributed by atoms with Crippen molar-refractivity contribution >= 4 is 22.6 Å². The second kappa shape index (κ2) is 4.53. The molecule has 3 rings (SSSR count). The monoisotopic (exact) mass is 252 g/mol. The number of pyridine rings is 1. The molecule has 5 heteroatoms. The van der Waals surface area contributed by atoms with Crippen molar-refractivity contribution < 1.29 is 4.79 Å². The summed E-state index contributed by atoms with van der Waals surface area (Å²) in [6.45, 7) is 1.88. The summed E-state index contributed by atoms with van der Waals surface area (Å²) in [6, 6.07) is 11.0. The largest absolute Gasteiger partial charge is 0.305 e. The zero-order chi connectivity index (χ0) is 13.2. The first-order valence-electron chi connectivity index (χ1n) is 5.91. The fourth-order valence-corrected chi connectivity index (χ4v) is 1.96. The number of anilines is 1. The molecule has 19 heavy (non-hydrogen) atoms. The lowest BCUT2D eigenvalue weighted by atomic mass is 10.1.